The van der Waals surface area contributed by atoms with E-state index in [4.69, 9.17) is 14.5 Å². The van der Waals surface area contributed by atoms with Crippen molar-refractivity contribution in [2.45, 2.75) is 51.5 Å². The van der Waals surface area contributed by atoms with E-state index >= 15 is 0 Å². The molecule has 174 valence electrons. The van der Waals surface area contributed by atoms with E-state index in [1.165, 1.54) is 5.56 Å². The maximum Gasteiger partial charge on any atom is 0.260 e. The fourth-order valence-corrected chi connectivity index (χ4v) is 5.77. The van der Waals surface area contributed by atoms with Crippen LogP contribution in [0.25, 0.3) is 10.2 Å². The summed E-state index contributed by atoms with van der Waals surface area (Å²) in [6.07, 6.45) is 2.57. The van der Waals surface area contributed by atoms with Crippen LogP contribution in [-0.4, -0.2) is 60.3 Å². The van der Waals surface area contributed by atoms with Crippen LogP contribution in [0.4, 0.5) is 5.13 Å². The summed E-state index contributed by atoms with van der Waals surface area (Å²) in [6.45, 7) is 8.26. The molecule has 0 saturated carbocycles. The lowest BCUT2D eigenvalue weighted by atomic mass is 10.1. The van der Waals surface area contributed by atoms with Gasteiger partial charge in [-0.2, -0.15) is 0 Å². The van der Waals surface area contributed by atoms with Crippen molar-refractivity contribution in [1.29, 1.82) is 0 Å². The van der Waals surface area contributed by atoms with Gasteiger partial charge >= 0.3 is 0 Å². The number of para-hydroxylation sites is 1. The standard InChI is InChI=1S/C26H31N3O3S/c1-18-14-28(15-19(2)32-18)16-20-9-11-21(12-10-20)25(30)29(17-22-6-5-13-31-22)26-27-23-7-3-4-8-24(23)33-26/h3-4,7-12,18-19,22H,5-6,13-17H2,1-2H3. The van der Waals surface area contributed by atoms with Crippen LogP contribution in [0.1, 0.15) is 42.6 Å². The van der Waals surface area contributed by atoms with E-state index in [0.717, 1.165) is 54.4 Å². The quantitative estimate of drug-likeness (QED) is 0.527. The third-order valence-corrected chi connectivity index (χ3v) is 7.33. The number of benzene rings is 2. The van der Waals surface area contributed by atoms with Gasteiger partial charge in [-0.05, 0) is 56.5 Å². The molecule has 7 heteroatoms. The number of morpholine rings is 1. The number of hydrogen-bond acceptors (Lipinski definition) is 6. The summed E-state index contributed by atoms with van der Waals surface area (Å²) in [5.74, 6) is -0.0234. The summed E-state index contributed by atoms with van der Waals surface area (Å²) in [4.78, 5) is 22.6. The van der Waals surface area contributed by atoms with Crippen molar-refractivity contribution in [3.05, 3.63) is 59.7 Å². The van der Waals surface area contributed by atoms with E-state index in [9.17, 15) is 4.79 Å². The van der Waals surface area contributed by atoms with E-state index < -0.39 is 0 Å². The minimum Gasteiger partial charge on any atom is -0.376 e. The molecule has 2 aliphatic rings. The predicted molar refractivity (Wildman–Crippen MR) is 132 cm³/mol. The van der Waals surface area contributed by atoms with Crippen LogP contribution in [0.5, 0.6) is 0 Å². The smallest absolute Gasteiger partial charge is 0.260 e. The van der Waals surface area contributed by atoms with Crippen molar-refractivity contribution >= 4 is 32.6 Å². The first-order valence-corrected chi connectivity index (χ1v) is 12.6. The van der Waals surface area contributed by atoms with Crippen LogP contribution in [0, 0.1) is 0 Å². The Morgan fingerprint density at radius 3 is 2.58 bits per heavy atom. The van der Waals surface area contributed by atoms with E-state index in [-0.39, 0.29) is 24.2 Å². The molecule has 2 fully saturated rings. The van der Waals surface area contributed by atoms with Crippen LogP contribution >= 0.6 is 11.3 Å². The van der Waals surface area contributed by atoms with Crippen molar-refractivity contribution in [2.75, 3.05) is 31.1 Å². The maximum absolute atomic E-state index is 13.6. The van der Waals surface area contributed by atoms with Gasteiger partial charge in [-0.1, -0.05) is 35.6 Å². The summed E-state index contributed by atoms with van der Waals surface area (Å²) in [5, 5.41) is 0.733. The molecule has 1 amide bonds. The minimum atomic E-state index is -0.0234. The highest BCUT2D eigenvalue weighted by Gasteiger charge is 2.27. The highest BCUT2D eigenvalue weighted by molar-refractivity contribution is 7.22. The Balaban J connectivity index is 1.34. The molecule has 2 aromatic carbocycles. The van der Waals surface area contributed by atoms with Crippen LogP contribution < -0.4 is 4.90 Å². The van der Waals surface area contributed by atoms with Crippen molar-refractivity contribution in [3.63, 3.8) is 0 Å². The third-order valence-electron chi connectivity index (χ3n) is 6.27. The normalized spacial score (nSPS) is 23.8. The predicted octanol–water partition coefficient (Wildman–Crippen LogP) is 4.73. The molecule has 0 bridgehead atoms. The highest BCUT2D eigenvalue weighted by Crippen LogP contribution is 2.31. The molecule has 33 heavy (non-hydrogen) atoms. The zero-order chi connectivity index (χ0) is 22.8. The summed E-state index contributed by atoms with van der Waals surface area (Å²) in [7, 11) is 0. The number of thiazole rings is 1. The molecule has 5 rings (SSSR count). The molecule has 0 aliphatic carbocycles. The second-order valence-electron chi connectivity index (χ2n) is 9.16. The topological polar surface area (TPSA) is 54.9 Å². The number of amides is 1. The number of nitrogens with zero attached hydrogens (tertiary/aromatic N) is 3. The van der Waals surface area contributed by atoms with Crippen molar-refractivity contribution < 1.29 is 14.3 Å². The van der Waals surface area contributed by atoms with Gasteiger partial charge in [-0.15, -0.1) is 0 Å². The number of anilines is 1. The fourth-order valence-electron chi connectivity index (χ4n) is 4.80. The Bertz CT molecular complexity index is 1050. The van der Waals surface area contributed by atoms with Gasteiger partial charge in [0.2, 0.25) is 0 Å². The van der Waals surface area contributed by atoms with E-state index in [0.29, 0.717) is 12.1 Å². The fraction of sp³-hybridized carbons (Fsp3) is 0.462. The average molecular weight is 466 g/mol. The number of ether oxygens (including phenoxy) is 2. The molecule has 3 heterocycles. The Morgan fingerprint density at radius 1 is 1.12 bits per heavy atom. The molecular formula is C26H31N3O3S. The first-order valence-electron chi connectivity index (χ1n) is 11.8. The number of hydrogen-bond donors (Lipinski definition) is 0. The summed E-state index contributed by atoms with van der Waals surface area (Å²) in [6, 6.07) is 16.1. The zero-order valence-electron chi connectivity index (χ0n) is 19.3. The molecule has 1 aromatic heterocycles. The SMILES string of the molecule is CC1CN(Cc2ccc(C(=O)N(CC3CCCO3)c3nc4ccccc4s3)cc2)CC(C)O1. The van der Waals surface area contributed by atoms with Gasteiger partial charge in [0.25, 0.3) is 5.91 Å². The maximum atomic E-state index is 13.6. The molecule has 0 N–H and O–H groups in total. The monoisotopic (exact) mass is 465 g/mol. The Labute approximate surface area is 199 Å². The lowest BCUT2D eigenvalue weighted by molar-refractivity contribution is -0.0704. The molecule has 6 nitrogen and oxygen atoms in total. The summed E-state index contributed by atoms with van der Waals surface area (Å²) in [5.41, 5.74) is 2.81. The number of fused-ring (bicyclic) bond motifs is 1. The first kappa shape index (κ1) is 22.5. The van der Waals surface area contributed by atoms with Gasteiger partial charge in [0, 0.05) is 31.8 Å². The second-order valence-corrected chi connectivity index (χ2v) is 10.2. The molecule has 3 aromatic rings. The van der Waals surface area contributed by atoms with Crippen molar-refractivity contribution in [2.24, 2.45) is 0 Å². The third kappa shape index (κ3) is 5.27. The lowest BCUT2D eigenvalue weighted by Crippen LogP contribution is -2.44. The molecule has 0 radical (unpaired) electrons. The van der Waals surface area contributed by atoms with Crippen LogP contribution in [-0.2, 0) is 16.0 Å². The Kier molecular flexibility index (Phi) is 6.74. The average Bonchev–Trinajstić information content (AvgIpc) is 3.46. The molecule has 2 aliphatic heterocycles. The van der Waals surface area contributed by atoms with Gasteiger partial charge in [0.15, 0.2) is 5.13 Å². The van der Waals surface area contributed by atoms with Crippen LogP contribution in [0.3, 0.4) is 0 Å². The van der Waals surface area contributed by atoms with Crippen LogP contribution in [0.15, 0.2) is 48.5 Å². The summed E-state index contributed by atoms with van der Waals surface area (Å²) < 4.78 is 12.8. The number of rotatable bonds is 6. The highest BCUT2D eigenvalue weighted by atomic mass is 32.1. The van der Waals surface area contributed by atoms with Crippen molar-refractivity contribution in [3.8, 4) is 0 Å². The number of carbonyl (C=O) groups is 1. The van der Waals surface area contributed by atoms with Gasteiger partial charge < -0.3 is 9.47 Å². The molecule has 2 saturated heterocycles. The molecule has 3 atom stereocenters. The second kappa shape index (κ2) is 9.89. The Morgan fingerprint density at radius 2 is 1.88 bits per heavy atom. The van der Waals surface area contributed by atoms with Gasteiger partial charge in [0.1, 0.15) is 0 Å². The minimum absolute atomic E-state index is 0.0234. The van der Waals surface area contributed by atoms with Gasteiger partial charge in [-0.3, -0.25) is 14.6 Å². The number of carbonyl (C=O) groups excluding carboxylic acids is 1. The van der Waals surface area contributed by atoms with E-state index in [1.807, 2.05) is 36.4 Å². The number of aromatic nitrogens is 1. The zero-order valence-corrected chi connectivity index (χ0v) is 20.1. The summed E-state index contributed by atoms with van der Waals surface area (Å²) >= 11 is 1.56. The van der Waals surface area contributed by atoms with E-state index in [2.05, 4.69) is 30.9 Å². The van der Waals surface area contributed by atoms with E-state index in [1.54, 1.807) is 16.2 Å². The molecular weight excluding hydrogens is 434 g/mol. The first-order chi connectivity index (χ1) is 16.0. The van der Waals surface area contributed by atoms with Crippen molar-refractivity contribution in [1.82, 2.24) is 9.88 Å². The van der Waals surface area contributed by atoms with Gasteiger partial charge in [-0.25, -0.2) is 4.98 Å². The Hall–Kier alpha value is -2.32. The molecule has 0 spiro atoms. The molecule has 3 unspecified atom stereocenters. The van der Waals surface area contributed by atoms with Crippen LogP contribution in [0.2, 0.25) is 0 Å². The largest absolute Gasteiger partial charge is 0.376 e. The lowest BCUT2D eigenvalue weighted by Gasteiger charge is -2.35. The van der Waals surface area contributed by atoms with Gasteiger partial charge in [0.05, 0.1) is 35.1 Å².